The van der Waals surface area contributed by atoms with Gasteiger partial charge in [0.25, 0.3) is 0 Å². The second-order valence-corrected chi connectivity index (χ2v) is 8.97. The number of para-hydroxylation sites is 1. The first-order valence-electron chi connectivity index (χ1n) is 10.7. The summed E-state index contributed by atoms with van der Waals surface area (Å²) in [6, 6.07) is 10.2. The van der Waals surface area contributed by atoms with Crippen LogP contribution in [0.15, 0.2) is 36.4 Å². The molecule has 172 valence electrons. The number of rotatable bonds is 5. The Labute approximate surface area is 194 Å². The van der Waals surface area contributed by atoms with Crippen LogP contribution >= 0.6 is 11.3 Å². The first kappa shape index (κ1) is 21.5. The molecule has 0 spiro atoms. The van der Waals surface area contributed by atoms with E-state index in [0.717, 1.165) is 37.5 Å². The van der Waals surface area contributed by atoms with Crippen LogP contribution in [-0.2, 0) is 0 Å². The molecule has 0 aliphatic carbocycles. The van der Waals surface area contributed by atoms with Crippen LogP contribution in [0.5, 0.6) is 11.5 Å². The minimum atomic E-state index is -0.307. The van der Waals surface area contributed by atoms with Crippen LogP contribution in [-0.4, -0.2) is 62.1 Å². The second-order valence-electron chi connectivity index (χ2n) is 7.97. The molecule has 1 saturated heterocycles. The molecule has 5 rings (SSSR count). The van der Waals surface area contributed by atoms with Gasteiger partial charge in [0.1, 0.15) is 29.7 Å². The van der Waals surface area contributed by atoms with Gasteiger partial charge in [-0.2, -0.15) is 0 Å². The van der Waals surface area contributed by atoms with E-state index in [0.29, 0.717) is 46.8 Å². The van der Waals surface area contributed by atoms with Gasteiger partial charge in [-0.05, 0) is 37.4 Å². The molecule has 8 nitrogen and oxygen atoms in total. The second kappa shape index (κ2) is 8.87. The fourth-order valence-electron chi connectivity index (χ4n) is 3.93. The Morgan fingerprint density at radius 1 is 1.15 bits per heavy atom. The number of likely N-dealkylation sites (N-methyl/N-ethyl adjacent to an activating group) is 1. The Kier molecular flexibility index (Phi) is 5.77. The highest BCUT2D eigenvalue weighted by Crippen LogP contribution is 2.38. The summed E-state index contributed by atoms with van der Waals surface area (Å²) in [7, 11) is 2.06. The van der Waals surface area contributed by atoms with Gasteiger partial charge in [-0.25, -0.2) is 9.37 Å². The van der Waals surface area contributed by atoms with Crippen LogP contribution in [0.2, 0.25) is 0 Å². The third-order valence-electron chi connectivity index (χ3n) is 5.71. The average molecular weight is 470 g/mol. The van der Waals surface area contributed by atoms with Crippen LogP contribution in [0.25, 0.3) is 0 Å². The number of aromatic nitrogens is 1. The van der Waals surface area contributed by atoms with E-state index in [2.05, 4.69) is 22.2 Å². The van der Waals surface area contributed by atoms with Gasteiger partial charge in [-0.1, -0.05) is 17.4 Å². The van der Waals surface area contributed by atoms with Gasteiger partial charge in [-0.3, -0.25) is 4.79 Å². The van der Waals surface area contributed by atoms with Gasteiger partial charge < -0.3 is 30.3 Å². The van der Waals surface area contributed by atoms with Crippen LogP contribution in [0.3, 0.4) is 0 Å². The fraction of sp³-hybridized carbons (Fsp3) is 0.304. The molecule has 2 aliphatic heterocycles. The number of carbonyl (C=O) groups excluding carboxylic acids is 1. The summed E-state index contributed by atoms with van der Waals surface area (Å²) in [6.07, 6.45) is 0. The van der Waals surface area contributed by atoms with E-state index in [4.69, 9.17) is 15.2 Å². The van der Waals surface area contributed by atoms with Crippen LogP contribution in [0.4, 0.5) is 26.7 Å². The highest BCUT2D eigenvalue weighted by Gasteiger charge is 2.25. The molecule has 1 fully saturated rings. The number of ketones is 1. The first-order valence-corrected chi connectivity index (χ1v) is 11.5. The summed E-state index contributed by atoms with van der Waals surface area (Å²) in [5.41, 5.74) is 7.54. The third-order valence-corrected chi connectivity index (χ3v) is 6.70. The standard InChI is InChI=1S/C23H24FN5O3S/c1-28-7-9-29(10-8-28)17-6-5-14(13-16(17)24)26-23-27-22(25)21(33-23)19(30)15-3-2-4-18-20(15)32-12-11-31-18/h2-6,13H,7-12,25H2,1H3,(H,26,27). The number of hydrogen-bond donors (Lipinski definition) is 2. The van der Waals surface area contributed by atoms with Crippen molar-refractivity contribution >= 4 is 39.4 Å². The highest BCUT2D eigenvalue weighted by molar-refractivity contribution is 7.18. The predicted octanol–water partition coefficient (Wildman–Crippen LogP) is 3.36. The van der Waals surface area contributed by atoms with Gasteiger partial charge in [-0.15, -0.1) is 0 Å². The minimum Gasteiger partial charge on any atom is -0.486 e. The fourth-order valence-corrected chi connectivity index (χ4v) is 4.79. The number of piperazine rings is 1. The predicted molar refractivity (Wildman–Crippen MR) is 127 cm³/mol. The van der Waals surface area contributed by atoms with Crippen LogP contribution in [0.1, 0.15) is 15.2 Å². The Bertz CT molecular complexity index is 1190. The Balaban J connectivity index is 1.34. The summed E-state index contributed by atoms with van der Waals surface area (Å²) in [4.78, 5) is 22.0. The SMILES string of the molecule is CN1CCN(c2ccc(Nc3nc(N)c(C(=O)c4cccc5c4OCCO5)s3)cc2F)CC1. The molecule has 0 atom stereocenters. The molecule has 10 heteroatoms. The molecule has 3 heterocycles. The normalized spacial score (nSPS) is 16.0. The molecule has 0 amide bonds. The summed E-state index contributed by atoms with van der Waals surface area (Å²) in [6.45, 7) is 4.18. The summed E-state index contributed by atoms with van der Waals surface area (Å²) in [5, 5.41) is 3.47. The number of anilines is 4. The van der Waals surface area contributed by atoms with Crippen LogP contribution < -0.4 is 25.4 Å². The number of benzene rings is 2. The van der Waals surface area contributed by atoms with Gasteiger partial charge in [0, 0.05) is 31.9 Å². The molecule has 0 saturated carbocycles. The minimum absolute atomic E-state index is 0.108. The number of fused-ring (bicyclic) bond motifs is 1. The number of nitrogens with zero attached hydrogens (tertiary/aromatic N) is 3. The molecule has 33 heavy (non-hydrogen) atoms. The lowest BCUT2D eigenvalue weighted by Crippen LogP contribution is -2.44. The molecule has 3 N–H and O–H groups in total. The molecule has 0 bridgehead atoms. The lowest BCUT2D eigenvalue weighted by molar-refractivity contribution is 0.103. The van der Waals surface area contributed by atoms with Crippen molar-refractivity contribution in [2.24, 2.45) is 0 Å². The van der Waals surface area contributed by atoms with E-state index in [1.54, 1.807) is 30.3 Å². The number of ether oxygens (including phenoxy) is 2. The third kappa shape index (κ3) is 4.31. The van der Waals surface area contributed by atoms with E-state index in [1.807, 2.05) is 4.90 Å². The summed E-state index contributed by atoms with van der Waals surface area (Å²) < 4.78 is 26.0. The maximum atomic E-state index is 14.8. The topological polar surface area (TPSA) is 93.0 Å². The van der Waals surface area contributed by atoms with E-state index >= 15 is 0 Å². The van der Waals surface area contributed by atoms with Crippen molar-refractivity contribution in [1.82, 2.24) is 9.88 Å². The van der Waals surface area contributed by atoms with Gasteiger partial charge in [0.05, 0.1) is 11.3 Å². The zero-order chi connectivity index (χ0) is 22.9. The molecule has 0 unspecified atom stereocenters. The molecule has 0 radical (unpaired) electrons. The van der Waals surface area contributed by atoms with E-state index in [1.165, 1.54) is 6.07 Å². The lowest BCUT2D eigenvalue weighted by Gasteiger charge is -2.34. The zero-order valence-corrected chi connectivity index (χ0v) is 19.0. The zero-order valence-electron chi connectivity index (χ0n) is 18.1. The number of halogens is 1. The van der Waals surface area contributed by atoms with Gasteiger partial charge >= 0.3 is 0 Å². The molecular formula is C23H24FN5O3S. The largest absolute Gasteiger partial charge is 0.486 e. The summed E-state index contributed by atoms with van der Waals surface area (Å²) in [5.74, 6) is 0.453. The molecule has 2 aromatic carbocycles. The average Bonchev–Trinajstić information content (AvgIpc) is 3.19. The number of carbonyl (C=O) groups is 1. The van der Waals surface area contributed by atoms with Crippen molar-refractivity contribution in [3.63, 3.8) is 0 Å². The maximum Gasteiger partial charge on any atom is 0.210 e. The lowest BCUT2D eigenvalue weighted by atomic mass is 10.1. The van der Waals surface area contributed by atoms with Crippen molar-refractivity contribution in [2.45, 2.75) is 0 Å². The van der Waals surface area contributed by atoms with E-state index < -0.39 is 0 Å². The number of nitrogen functional groups attached to an aromatic ring is 1. The van der Waals surface area contributed by atoms with Crippen LogP contribution in [0, 0.1) is 5.82 Å². The monoisotopic (exact) mass is 469 g/mol. The Morgan fingerprint density at radius 2 is 1.94 bits per heavy atom. The van der Waals surface area contributed by atoms with Crippen molar-refractivity contribution in [3.8, 4) is 11.5 Å². The van der Waals surface area contributed by atoms with E-state index in [-0.39, 0.29) is 22.3 Å². The quantitative estimate of drug-likeness (QED) is 0.550. The van der Waals surface area contributed by atoms with Crippen molar-refractivity contribution < 1.29 is 18.7 Å². The van der Waals surface area contributed by atoms with Gasteiger partial charge in [0.2, 0.25) is 5.78 Å². The van der Waals surface area contributed by atoms with Gasteiger partial charge in [0.15, 0.2) is 16.6 Å². The van der Waals surface area contributed by atoms with Crippen molar-refractivity contribution in [1.29, 1.82) is 0 Å². The first-order chi connectivity index (χ1) is 16.0. The summed E-state index contributed by atoms with van der Waals surface area (Å²) >= 11 is 1.11. The number of hydrogen-bond acceptors (Lipinski definition) is 9. The van der Waals surface area contributed by atoms with Crippen molar-refractivity contribution in [2.75, 3.05) is 62.4 Å². The number of nitrogens with two attached hydrogens (primary N) is 1. The molecule has 1 aromatic heterocycles. The number of thiazole rings is 1. The molecular weight excluding hydrogens is 445 g/mol. The molecule has 2 aliphatic rings. The number of nitrogens with one attached hydrogen (secondary N) is 1. The van der Waals surface area contributed by atoms with E-state index in [9.17, 15) is 9.18 Å². The van der Waals surface area contributed by atoms with Crippen molar-refractivity contribution in [3.05, 3.63) is 52.7 Å². The highest BCUT2D eigenvalue weighted by atomic mass is 32.1. The maximum absolute atomic E-state index is 14.8. The smallest absolute Gasteiger partial charge is 0.210 e. The molecule has 3 aromatic rings. The Morgan fingerprint density at radius 3 is 2.73 bits per heavy atom. The Hall–Kier alpha value is -3.37.